The minimum atomic E-state index is -1.49. The van der Waals surface area contributed by atoms with E-state index in [9.17, 15) is 22.8 Å². The fourth-order valence-electron chi connectivity index (χ4n) is 2.37. The Morgan fingerprint density at radius 2 is 1.64 bits per heavy atom. The number of halogens is 3. The van der Waals surface area contributed by atoms with Gasteiger partial charge in [0.1, 0.15) is 11.4 Å². The molecule has 1 heterocycles. The van der Waals surface area contributed by atoms with Crippen molar-refractivity contribution < 1.29 is 22.8 Å². The lowest BCUT2D eigenvalue weighted by atomic mass is 10.1. The van der Waals surface area contributed by atoms with Crippen LogP contribution in [0, 0.1) is 17.5 Å². The largest absolute Gasteiger partial charge is 0.368 e. The van der Waals surface area contributed by atoms with Gasteiger partial charge in [-0.1, -0.05) is 0 Å². The lowest BCUT2D eigenvalue weighted by molar-refractivity contribution is -0.123. The van der Waals surface area contributed by atoms with Gasteiger partial charge in [0.2, 0.25) is 5.91 Å². The standard InChI is InChI=1S/C14H16F3N3O2/c1-8(13(18)21)19-4-6-20(7-5-19)14(22)11-9(15)2-3-10(16)12(11)17/h2-3,8H,4-7H2,1H3,(H2,18,21)/t8-/m1/s1. The number of hydrogen-bond donors (Lipinski definition) is 1. The first-order chi connectivity index (χ1) is 10.3. The predicted octanol–water partition coefficient (Wildman–Crippen LogP) is 0.736. The van der Waals surface area contributed by atoms with Crippen molar-refractivity contribution >= 4 is 11.8 Å². The van der Waals surface area contributed by atoms with Gasteiger partial charge in [-0.2, -0.15) is 0 Å². The summed E-state index contributed by atoms with van der Waals surface area (Å²) in [7, 11) is 0. The average molecular weight is 315 g/mol. The molecular formula is C14H16F3N3O2. The number of benzene rings is 1. The summed E-state index contributed by atoms with van der Waals surface area (Å²) in [6.07, 6.45) is 0. The highest BCUT2D eigenvalue weighted by atomic mass is 19.2. The molecule has 1 aromatic rings. The molecule has 0 bridgehead atoms. The highest BCUT2D eigenvalue weighted by molar-refractivity contribution is 5.95. The number of nitrogens with two attached hydrogens (primary N) is 1. The molecule has 1 aliphatic rings. The number of rotatable bonds is 3. The fraction of sp³-hybridized carbons (Fsp3) is 0.429. The Morgan fingerprint density at radius 3 is 2.18 bits per heavy atom. The van der Waals surface area contributed by atoms with E-state index in [1.807, 2.05) is 0 Å². The first kappa shape index (κ1) is 16.3. The first-order valence-electron chi connectivity index (χ1n) is 6.79. The Bertz CT molecular complexity index is 601. The van der Waals surface area contributed by atoms with E-state index in [1.54, 1.807) is 11.8 Å². The molecule has 2 rings (SSSR count). The van der Waals surface area contributed by atoms with Gasteiger partial charge >= 0.3 is 0 Å². The molecular weight excluding hydrogens is 299 g/mol. The summed E-state index contributed by atoms with van der Waals surface area (Å²) in [6, 6.07) is 0.866. The Labute approximate surface area is 125 Å². The second-order valence-corrected chi connectivity index (χ2v) is 5.12. The van der Waals surface area contributed by atoms with Crippen LogP contribution in [0.15, 0.2) is 12.1 Å². The topological polar surface area (TPSA) is 66.6 Å². The van der Waals surface area contributed by atoms with Crippen molar-refractivity contribution in [1.29, 1.82) is 0 Å². The predicted molar refractivity (Wildman–Crippen MR) is 72.4 cm³/mol. The third-order valence-electron chi connectivity index (χ3n) is 3.82. The zero-order chi connectivity index (χ0) is 16.4. The van der Waals surface area contributed by atoms with Crippen LogP contribution in [0.25, 0.3) is 0 Å². The van der Waals surface area contributed by atoms with Crippen LogP contribution in [0.4, 0.5) is 13.2 Å². The van der Waals surface area contributed by atoms with Gasteiger partial charge in [0, 0.05) is 26.2 Å². The van der Waals surface area contributed by atoms with E-state index in [0.29, 0.717) is 19.2 Å². The Kier molecular flexibility index (Phi) is 4.70. The molecule has 1 atom stereocenters. The normalized spacial score (nSPS) is 17.4. The van der Waals surface area contributed by atoms with Gasteiger partial charge in [-0.15, -0.1) is 0 Å². The fourth-order valence-corrected chi connectivity index (χ4v) is 2.37. The van der Waals surface area contributed by atoms with Crippen molar-refractivity contribution in [2.75, 3.05) is 26.2 Å². The molecule has 1 fully saturated rings. The zero-order valence-electron chi connectivity index (χ0n) is 12.0. The number of amides is 2. The molecule has 0 unspecified atom stereocenters. The van der Waals surface area contributed by atoms with Crippen molar-refractivity contribution in [2.24, 2.45) is 5.73 Å². The zero-order valence-corrected chi connectivity index (χ0v) is 12.0. The molecule has 0 radical (unpaired) electrons. The average Bonchev–Trinajstić information content (AvgIpc) is 2.50. The van der Waals surface area contributed by atoms with Crippen LogP contribution >= 0.6 is 0 Å². The van der Waals surface area contributed by atoms with Gasteiger partial charge in [-0.05, 0) is 19.1 Å². The Morgan fingerprint density at radius 1 is 1.09 bits per heavy atom. The lowest BCUT2D eigenvalue weighted by Crippen LogP contribution is -2.54. The molecule has 0 saturated carbocycles. The van der Waals surface area contributed by atoms with Crippen LogP contribution in [-0.2, 0) is 4.79 Å². The van der Waals surface area contributed by atoms with Crippen LogP contribution < -0.4 is 5.73 Å². The molecule has 22 heavy (non-hydrogen) atoms. The minimum Gasteiger partial charge on any atom is -0.368 e. The molecule has 2 N–H and O–H groups in total. The number of piperazine rings is 1. The number of carbonyl (C=O) groups excluding carboxylic acids is 2. The van der Waals surface area contributed by atoms with E-state index in [1.165, 1.54) is 4.90 Å². The summed E-state index contributed by atoms with van der Waals surface area (Å²) in [6.45, 7) is 2.67. The molecule has 8 heteroatoms. The smallest absolute Gasteiger partial charge is 0.260 e. The molecule has 2 amide bonds. The molecule has 1 saturated heterocycles. The number of primary amides is 1. The van der Waals surface area contributed by atoms with E-state index in [4.69, 9.17) is 5.73 Å². The number of hydrogen-bond acceptors (Lipinski definition) is 3. The van der Waals surface area contributed by atoms with Crippen LogP contribution in [0.5, 0.6) is 0 Å². The van der Waals surface area contributed by atoms with Gasteiger partial charge in [-0.25, -0.2) is 13.2 Å². The van der Waals surface area contributed by atoms with E-state index in [2.05, 4.69) is 0 Å². The lowest BCUT2D eigenvalue weighted by Gasteiger charge is -2.37. The molecule has 1 aromatic carbocycles. The van der Waals surface area contributed by atoms with Gasteiger partial charge < -0.3 is 10.6 Å². The Hall–Kier alpha value is -2.09. The second-order valence-electron chi connectivity index (χ2n) is 5.12. The molecule has 0 aliphatic carbocycles. The van der Waals surface area contributed by atoms with E-state index >= 15 is 0 Å². The van der Waals surface area contributed by atoms with Crippen LogP contribution in [0.3, 0.4) is 0 Å². The quantitative estimate of drug-likeness (QED) is 0.837. The SMILES string of the molecule is C[C@H](C(N)=O)N1CCN(C(=O)c2c(F)ccc(F)c2F)CC1. The molecule has 5 nitrogen and oxygen atoms in total. The maximum absolute atomic E-state index is 13.6. The third kappa shape index (κ3) is 3.06. The van der Waals surface area contributed by atoms with Crippen LogP contribution in [0.2, 0.25) is 0 Å². The summed E-state index contributed by atoms with van der Waals surface area (Å²) >= 11 is 0. The van der Waals surface area contributed by atoms with Crippen LogP contribution in [-0.4, -0.2) is 53.8 Å². The summed E-state index contributed by atoms with van der Waals surface area (Å²) in [5.41, 5.74) is 4.31. The van der Waals surface area contributed by atoms with Crippen LogP contribution in [0.1, 0.15) is 17.3 Å². The van der Waals surface area contributed by atoms with Crippen molar-refractivity contribution in [3.8, 4) is 0 Å². The van der Waals surface area contributed by atoms with E-state index < -0.39 is 40.9 Å². The van der Waals surface area contributed by atoms with Gasteiger partial charge in [-0.3, -0.25) is 14.5 Å². The maximum Gasteiger partial charge on any atom is 0.260 e. The van der Waals surface area contributed by atoms with Gasteiger partial charge in [0.25, 0.3) is 5.91 Å². The molecule has 0 spiro atoms. The second kappa shape index (κ2) is 6.35. The molecule has 120 valence electrons. The maximum atomic E-state index is 13.6. The number of carbonyl (C=O) groups is 2. The summed E-state index contributed by atoms with van der Waals surface area (Å²) in [5.74, 6) is -5.25. The Balaban J connectivity index is 2.11. The van der Waals surface area contributed by atoms with Gasteiger partial charge in [0.15, 0.2) is 11.6 Å². The van der Waals surface area contributed by atoms with Gasteiger partial charge in [0.05, 0.1) is 6.04 Å². The number of nitrogens with zero attached hydrogens (tertiary/aromatic N) is 2. The highest BCUT2D eigenvalue weighted by Gasteiger charge is 2.30. The summed E-state index contributed by atoms with van der Waals surface area (Å²) < 4.78 is 40.4. The first-order valence-corrected chi connectivity index (χ1v) is 6.79. The summed E-state index contributed by atoms with van der Waals surface area (Å²) in [5, 5.41) is 0. The summed E-state index contributed by atoms with van der Waals surface area (Å²) in [4.78, 5) is 26.3. The molecule has 1 aliphatic heterocycles. The monoisotopic (exact) mass is 315 g/mol. The third-order valence-corrected chi connectivity index (χ3v) is 3.82. The molecule has 0 aromatic heterocycles. The van der Waals surface area contributed by atoms with Crippen molar-refractivity contribution in [3.63, 3.8) is 0 Å². The van der Waals surface area contributed by atoms with E-state index in [-0.39, 0.29) is 13.1 Å². The highest BCUT2D eigenvalue weighted by Crippen LogP contribution is 2.19. The van der Waals surface area contributed by atoms with Crippen molar-refractivity contribution in [3.05, 3.63) is 35.1 Å². The minimum absolute atomic E-state index is 0.172. The van der Waals surface area contributed by atoms with E-state index in [0.717, 1.165) is 6.07 Å². The van der Waals surface area contributed by atoms with Crippen molar-refractivity contribution in [1.82, 2.24) is 9.80 Å². The van der Waals surface area contributed by atoms with Crippen molar-refractivity contribution in [2.45, 2.75) is 13.0 Å².